The number of rotatable bonds is 10. The lowest BCUT2D eigenvalue weighted by Gasteiger charge is -2.27. The number of ether oxygens (including phenoxy) is 1. The molecule has 10 heteroatoms. The van der Waals surface area contributed by atoms with Crippen molar-refractivity contribution in [1.29, 1.82) is 5.26 Å². The highest BCUT2D eigenvalue weighted by Gasteiger charge is 2.23. The van der Waals surface area contributed by atoms with Crippen LogP contribution >= 0.6 is 0 Å². The fourth-order valence-electron chi connectivity index (χ4n) is 7.18. The predicted molar refractivity (Wildman–Crippen MR) is 198 cm³/mol. The maximum absolute atomic E-state index is 14.0. The number of hydrogen-bond donors (Lipinski definition) is 2. The normalized spacial score (nSPS) is 16.1. The van der Waals surface area contributed by atoms with Crippen LogP contribution in [-0.2, 0) is 16.6 Å². The van der Waals surface area contributed by atoms with Crippen LogP contribution in [0, 0.1) is 18.3 Å². The molecular weight excluding hydrogens is 638 g/mol. The van der Waals surface area contributed by atoms with Gasteiger partial charge in [-0.15, -0.1) is 0 Å². The van der Waals surface area contributed by atoms with Crippen molar-refractivity contribution in [3.8, 4) is 28.3 Å². The smallest absolute Gasteiger partial charge is 0.248 e. The Bertz CT molecular complexity index is 2320. The average Bonchev–Trinajstić information content (AvgIpc) is 3.76. The Morgan fingerprint density at radius 2 is 1.88 bits per heavy atom. The van der Waals surface area contributed by atoms with Crippen molar-refractivity contribution < 1.29 is 14.3 Å². The van der Waals surface area contributed by atoms with Crippen molar-refractivity contribution in [2.45, 2.75) is 44.8 Å². The Labute approximate surface area is 296 Å². The van der Waals surface area contributed by atoms with E-state index < -0.39 is 0 Å². The summed E-state index contributed by atoms with van der Waals surface area (Å²) in [6.45, 7) is 2.66. The van der Waals surface area contributed by atoms with Crippen LogP contribution in [0.15, 0.2) is 97.7 Å². The van der Waals surface area contributed by atoms with Crippen LogP contribution < -0.4 is 10.6 Å². The standard InChI is InChI=1S/C41H39N7O3/c1-26-21-36-40(45-25-47(36)2)39(28-7-4-18-43-24-28)38(26)32-8-6-20-48-34(32)16-17-35(48)41(50)27-10-15-33(29(22-27)23-42)46-37(49)9-5-19-44-30-11-13-31(51-3)14-12-30/h4-10,15-18,20-22,24-25,30-31,44H,11-14,19H2,1-3H3,(H,46,49)/b9-5+. The van der Waals surface area contributed by atoms with Crippen molar-refractivity contribution >= 4 is 33.9 Å². The van der Waals surface area contributed by atoms with E-state index >= 15 is 0 Å². The van der Waals surface area contributed by atoms with E-state index in [1.54, 1.807) is 31.5 Å². The van der Waals surface area contributed by atoms with Crippen LogP contribution in [-0.4, -0.2) is 56.4 Å². The van der Waals surface area contributed by atoms with Gasteiger partial charge in [-0.05, 0) is 92.3 Å². The summed E-state index contributed by atoms with van der Waals surface area (Å²) in [6, 6.07) is 21.2. The molecule has 1 fully saturated rings. The van der Waals surface area contributed by atoms with Gasteiger partial charge in [0, 0.05) is 73.7 Å². The zero-order valence-corrected chi connectivity index (χ0v) is 28.9. The number of anilines is 1. The number of fused-ring (bicyclic) bond motifs is 2. The van der Waals surface area contributed by atoms with E-state index in [1.807, 2.05) is 65.1 Å². The van der Waals surface area contributed by atoms with Gasteiger partial charge < -0.3 is 24.3 Å². The number of aryl methyl sites for hydroxylation is 2. The third-order valence-electron chi connectivity index (χ3n) is 9.82. The first-order chi connectivity index (χ1) is 24.9. The monoisotopic (exact) mass is 677 g/mol. The molecule has 256 valence electrons. The maximum atomic E-state index is 14.0. The molecule has 0 radical (unpaired) electrons. The molecular formula is C41H39N7O3. The Kier molecular flexibility index (Phi) is 9.57. The summed E-state index contributed by atoms with van der Waals surface area (Å²) in [5, 5.41) is 16.2. The largest absolute Gasteiger partial charge is 0.381 e. The molecule has 6 aromatic rings. The van der Waals surface area contributed by atoms with Gasteiger partial charge in [-0.2, -0.15) is 5.26 Å². The first kappa shape index (κ1) is 33.6. The van der Waals surface area contributed by atoms with Gasteiger partial charge in [0.1, 0.15) is 6.07 Å². The van der Waals surface area contributed by atoms with Crippen molar-refractivity contribution in [1.82, 2.24) is 24.3 Å². The number of hydrogen-bond acceptors (Lipinski definition) is 7. The molecule has 7 rings (SSSR count). The van der Waals surface area contributed by atoms with Gasteiger partial charge in [0.15, 0.2) is 0 Å². The summed E-state index contributed by atoms with van der Waals surface area (Å²) in [7, 11) is 3.74. The van der Waals surface area contributed by atoms with Crippen molar-refractivity contribution in [3.63, 3.8) is 0 Å². The summed E-state index contributed by atoms with van der Waals surface area (Å²) >= 11 is 0. The average molecular weight is 678 g/mol. The van der Waals surface area contributed by atoms with Gasteiger partial charge in [0.05, 0.1) is 45.9 Å². The van der Waals surface area contributed by atoms with E-state index in [-0.39, 0.29) is 17.3 Å². The summed E-state index contributed by atoms with van der Waals surface area (Å²) in [5.41, 5.74) is 9.08. The molecule has 0 aliphatic heterocycles. The van der Waals surface area contributed by atoms with Gasteiger partial charge in [-0.25, -0.2) is 4.98 Å². The summed E-state index contributed by atoms with van der Waals surface area (Å²) in [5.74, 6) is -0.582. The molecule has 0 bridgehead atoms. The number of nitrogens with zero attached hydrogens (tertiary/aromatic N) is 5. The SMILES string of the molecule is COC1CCC(NC/C=C/C(=O)Nc2ccc(C(=O)c3ccc4c(-c5c(C)cc6c(ncn6C)c5-c5cccnc5)cccn34)cc2C#N)CC1. The Morgan fingerprint density at radius 1 is 1.04 bits per heavy atom. The minimum atomic E-state index is -0.342. The molecule has 1 aliphatic rings. The Morgan fingerprint density at radius 3 is 2.65 bits per heavy atom. The Hall–Kier alpha value is -5.89. The molecule has 0 saturated heterocycles. The number of amides is 1. The molecule has 1 aliphatic carbocycles. The number of nitriles is 1. The molecule has 0 spiro atoms. The van der Waals surface area contributed by atoms with E-state index in [0.717, 1.165) is 70.1 Å². The highest BCUT2D eigenvalue weighted by atomic mass is 16.5. The number of aromatic nitrogens is 4. The van der Waals surface area contributed by atoms with Crippen LogP contribution in [0.5, 0.6) is 0 Å². The number of pyridine rings is 2. The first-order valence-corrected chi connectivity index (χ1v) is 17.1. The van der Waals surface area contributed by atoms with Crippen LogP contribution in [0.2, 0.25) is 0 Å². The highest BCUT2D eigenvalue weighted by Crippen LogP contribution is 2.41. The molecule has 0 unspecified atom stereocenters. The summed E-state index contributed by atoms with van der Waals surface area (Å²) in [4.78, 5) is 35.8. The lowest BCUT2D eigenvalue weighted by Crippen LogP contribution is -2.35. The minimum Gasteiger partial charge on any atom is -0.381 e. The number of imidazole rings is 1. The molecule has 2 aromatic carbocycles. The third kappa shape index (κ3) is 6.69. The molecule has 4 aromatic heterocycles. The van der Waals surface area contributed by atoms with Crippen molar-refractivity contribution in [3.05, 3.63) is 120 Å². The predicted octanol–water partition coefficient (Wildman–Crippen LogP) is 7.01. The van der Waals surface area contributed by atoms with Crippen LogP contribution in [0.4, 0.5) is 5.69 Å². The quantitative estimate of drug-likeness (QED) is 0.118. The molecule has 4 heterocycles. The van der Waals surface area contributed by atoms with E-state index in [4.69, 9.17) is 9.72 Å². The number of benzene rings is 2. The fourth-order valence-corrected chi connectivity index (χ4v) is 7.18. The number of carbonyl (C=O) groups is 2. The topological polar surface area (TPSA) is 126 Å². The van der Waals surface area contributed by atoms with Gasteiger partial charge in [-0.1, -0.05) is 18.2 Å². The van der Waals surface area contributed by atoms with Crippen LogP contribution in [0.1, 0.15) is 52.9 Å². The molecule has 2 N–H and O–H groups in total. The van der Waals surface area contributed by atoms with Crippen molar-refractivity contribution in [2.75, 3.05) is 19.0 Å². The fraction of sp³-hybridized carbons (Fsp3) is 0.244. The van der Waals surface area contributed by atoms with Gasteiger partial charge in [0.2, 0.25) is 11.7 Å². The zero-order valence-electron chi connectivity index (χ0n) is 28.9. The van der Waals surface area contributed by atoms with Gasteiger partial charge in [-0.3, -0.25) is 14.6 Å². The Balaban J connectivity index is 1.13. The molecule has 0 atom stereocenters. The second-order valence-corrected chi connectivity index (χ2v) is 13.0. The van der Waals surface area contributed by atoms with E-state index in [1.165, 1.54) is 12.1 Å². The van der Waals surface area contributed by atoms with Gasteiger partial charge >= 0.3 is 0 Å². The van der Waals surface area contributed by atoms with Gasteiger partial charge in [0.25, 0.3) is 0 Å². The molecule has 1 saturated carbocycles. The summed E-state index contributed by atoms with van der Waals surface area (Å²) in [6.07, 6.45) is 15.0. The molecule has 10 nitrogen and oxygen atoms in total. The zero-order chi connectivity index (χ0) is 35.5. The van der Waals surface area contributed by atoms with Crippen LogP contribution in [0.25, 0.3) is 38.8 Å². The summed E-state index contributed by atoms with van der Waals surface area (Å²) < 4.78 is 9.33. The molecule has 1 amide bonds. The van der Waals surface area contributed by atoms with E-state index in [0.29, 0.717) is 35.6 Å². The lowest BCUT2D eigenvalue weighted by atomic mass is 9.90. The second-order valence-electron chi connectivity index (χ2n) is 13.0. The number of methoxy groups -OCH3 is 1. The van der Waals surface area contributed by atoms with E-state index in [9.17, 15) is 14.9 Å². The number of ketones is 1. The van der Waals surface area contributed by atoms with Crippen LogP contribution in [0.3, 0.4) is 0 Å². The third-order valence-corrected chi connectivity index (χ3v) is 9.82. The maximum Gasteiger partial charge on any atom is 0.248 e. The number of nitrogens with one attached hydrogen (secondary N) is 2. The first-order valence-electron chi connectivity index (χ1n) is 17.1. The highest BCUT2D eigenvalue weighted by molar-refractivity contribution is 6.11. The second kappa shape index (κ2) is 14.5. The number of carbonyl (C=O) groups excluding carboxylic acids is 2. The van der Waals surface area contributed by atoms with E-state index in [2.05, 4.69) is 40.7 Å². The molecule has 51 heavy (non-hydrogen) atoms. The van der Waals surface area contributed by atoms with Crippen molar-refractivity contribution in [2.24, 2.45) is 7.05 Å². The minimum absolute atomic E-state index is 0.206. The lowest BCUT2D eigenvalue weighted by molar-refractivity contribution is -0.111.